The zero-order chi connectivity index (χ0) is 20.5. The van der Waals surface area contributed by atoms with Crippen molar-refractivity contribution in [2.75, 3.05) is 13.1 Å². The molecule has 0 bridgehead atoms. The summed E-state index contributed by atoms with van der Waals surface area (Å²) in [5.74, 6) is -0.603. The molecule has 0 aliphatic carbocycles. The molecule has 0 heterocycles. The van der Waals surface area contributed by atoms with Gasteiger partial charge in [-0.3, -0.25) is 14.5 Å². The van der Waals surface area contributed by atoms with E-state index < -0.39 is 6.04 Å². The van der Waals surface area contributed by atoms with Gasteiger partial charge in [0.25, 0.3) is 5.91 Å². The Balaban J connectivity index is 1.95. The second-order valence-corrected chi connectivity index (χ2v) is 7.03. The van der Waals surface area contributed by atoms with Gasteiger partial charge in [-0.1, -0.05) is 61.8 Å². The molecule has 0 aromatic heterocycles. The molecule has 0 radical (unpaired) electrons. The van der Waals surface area contributed by atoms with Gasteiger partial charge in [-0.2, -0.15) is 0 Å². The first-order valence-corrected chi connectivity index (χ1v) is 9.96. The van der Waals surface area contributed by atoms with Crippen LogP contribution in [0.4, 0.5) is 0 Å². The number of nitrogens with one attached hydrogen (secondary N) is 2. The van der Waals surface area contributed by atoms with Crippen molar-refractivity contribution in [1.82, 2.24) is 15.5 Å². The molecule has 0 saturated carbocycles. The average molecular weight is 402 g/mol. The topological polar surface area (TPSA) is 61.4 Å². The molecule has 6 heteroatoms. The molecule has 2 N–H and O–H groups in total. The summed E-state index contributed by atoms with van der Waals surface area (Å²) in [5.41, 5.74) is 2.63. The normalized spacial score (nSPS) is 11.9. The third kappa shape index (κ3) is 6.08. The van der Waals surface area contributed by atoms with Crippen molar-refractivity contribution >= 4 is 23.4 Å². The summed E-state index contributed by atoms with van der Waals surface area (Å²) in [6, 6.07) is 14.2. The Hall–Kier alpha value is -2.37. The van der Waals surface area contributed by atoms with E-state index in [1.807, 2.05) is 18.2 Å². The number of benzene rings is 2. The third-order valence-corrected chi connectivity index (χ3v) is 5.05. The van der Waals surface area contributed by atoms with Gasteiger partial charge in [0.2, 0.25) is 5.91 Å². The molecule has 5 nitrogen and oxygen atoms in total. The summed E-state index contributed by atoms with van der Waals surface area (Å²) in [4.78, 5) is 27.1. The molecule has 0 aliphatic rings. The number of rotatable bonds is 9. The molecule has 0 aliphatic heterocycles. The number of nitrogens with zero attached hydrogens (tertiary/aromatic N) is 1. The summed E-state index contributed by atoms with van der Waals surface area (Å²) in [7, 11) is 0. The van der Waals surface area contributed by atoms with Crippen LogP contribution in [-0.2, 0) is 17.9 Å². The van der Waals surface area contributed by atoms with Crippen LogP contribution >= 0.6 is 11.6 Å². The van der Waals surface area contributed by atoms with Crippen LogP contribution < -0.4 is 10.6 Å². The van der Waals surface area contributed by atoms with Gasteiger partial charge in [0, 0.05) is 13.1 Å². The van der Waals surface area contributed by atoms with Gasteiger partial charge in [-0.05, 0) is 43.3 Å². The van der Waals surface area contributed by atoms with Crippen LogP contribution in [0.5, 0.6) is 0 Å². The highest BCUT2D eigenvalue weighted by molar-refractivity contribution is 6.33. The maximum Gasteiger partial charge on any atom is 0.253 e. The van der Waals surface area contributed by atoms with Gasteiger partial charge in [0.05, 0.1) is 10.6 Å². The molecule has 1 atom stereocenters. The van der Waals surface area contributed by atoms with Gasteiger partial charge < -0.3 is 10.6 Å². The van der Waals surface area contributed by atoms with E-state index in [2.05, 4.69) is 35.4 Å². The Labute approximate surface area is 172 Å². The fourth-order valence-electron chi connectivity index (χ4n) is 2.89. The first kappa shape index (κ1) is 21.9. The number of carbonyl (C=O) groups excluding carboxylic acids is 2. The van der Waals surface area contributed by atoms with Gasteiger partial charge in [0.1, 0.15) is 6.04 Å². The average Bonchev–Trinajstić information content (AvgIpc) is 2.71. The molecular formula is C22H28ClN3O2. The van der Waals surface area contributed by atoms with E-state index in [1.165, 1.54) is 5.56 Å². The van der Waals surface area contributed by atoms with Crippen molar-refractivity contribution in [3.63, 3.8) is 0 Å². The van der Waals surface area contributed by atoms with E-state index >= 15 is 0 Å². The standard InChI is InChI=1S/C22H28ClN3O2/c1-4-26(5-2)15-18-11-7-6-10-17(18)14-24-21(27)16(3)25-22(28)19-12-8-9-13-20(19)23/h6-13,16H,4-5,14-15H2,1-3H3,(H,24,27)(H,25,28)/t16-/m0/s1. The molecule has 2 aromatic carbocycles. The number of amides is 2. The number of carbonyl (C=O) groups is 2. The maximum absolute atomic E-state index is 12.4. The van der Waals surface area contributed by atoms with Crippen molar-refractivity contribution in [2.24, 2.45) is 0 Å². The van der Waals surface area contributed by atoms with Gasteiger partial charge in [-0.25, -0.2) is 0 Å². The molecule has 28 heavy (non-hydrogen) atoms. The lowest BCUT2D eigenvalue weighted by molar-refractivity contribution is -0.122. The molecule has 150 valence electrons. The van der Waals surface area contributed by atoms with Gasteiger partial charge >= 0.3 is 0 Å². The quantitative estimate of drug-likeness (QED) is 0.674. The Bertz CT molecular complexity index is 806. The number of hydrogen-bond donors (Lipinski definition) is 2. The minimum Gasteiger partial charge on any atom is -0.350 e. The SMILES string of the molecule is CCN(CC)Cc1ccccc1CNC(=O)[C@H](C)NC(=O)c1ccccc1Cl. The molecule has 2 aromatic rings. The van der Waals surface area contributed by atoms with Gasteiger partial charge in [0.15, 0.2) is 0 Å². The van der Waals surface area contributed by atoms with Gasteiger partial charge in [-0.15, -0.1) is 0 Å². The molecule has 0 fully saturated rings. The summed E-state index contributed by atoms with van der Waals surface area (Å²) in [6.45, 7) is 9.14. The summed E-state index contributed by atoms with van der Waals surface area (Å²) >= 11 is 6.04. The predicted octanol–water partition coefficient (Wildman–Crippen LogP) is 3.62. The third-order valence-electron chi connectivity index (χ3n) is 4.72. The molecule has 2 amide bonds. The van der Waals surface area contributed by atoms with Crippen molar-refractivity contribution in [3.8, 4) is 0 Å². The van der Waals surface area contributed by atoms with Crippen LogP contribution in [0.1, 0.15) is 42.3 Å². The lowest BCUT2D eigenvalue weighted by atomic mass is 10.1. The lowest BCUT2D eigenvalue weighted by Gasteiger charge is -2.21. The second-order valence-electron chi connectivity index (χ2n) is 6.62. The van der Waals surface area contributed by atoms with E-state index in [4.69, 9.17) is 11.6 Å². The van der Waals surface area contributed by atoms with Crippen LogP contribution in [0.3, 0.4) is 0 Å². The minimum absolute atomic E-state index is 0.238. The van der Waals surface area contributed by atoms with E-state index in [0.717, 1.165) is 25.2 Å². The monoisotopic (exact) mass is 401 g/mol. The zero-order valence-electron chi connectivity index (χ0n) is 16.7. The summed E-state index contributed by atoms with van der Waals surface area (Å²) in [6.07, 6.45) is 0. The first-order valence-electron chi connectivity index (χ1n) is 9.58. The maximum atomic E-state index is 12.4. The highest BCUT2D eigenvalue weighted by Gasteiger charge is 2.18. The predicted molar refractivity (Wildman–Crippen MR) is 113 cm³/mol. The molecule has 0 spiro atoms. The van der Waals surface area contributed by atoms with E-state index in [1.54, 1.807) is 31.2 Å². The summed E-state index contributed by atoms with van der Waals surface area (Å²) in [5, 5.41) is 5.97. The lowest BCUT2D eigenvalue weighted by Crippen LogP contribution is -2.44. The Morgan fingerprint density at radius 1 is 1.00 bits per heavy atom. The molecule has 0 saturated heterocycles. The van der Waals surface area contributed by atoms with Crippen LogP contribution in [0.15, 0.2) is 48.5 Å². The van der Waals surface area contributed by atoms with Crippen LogP contribution in [0.25, 0.3) is 0 Å². The Kier molecular flexibility index (Phi) is 8.48. The van der Waals surface area contributed by atoms with E-state index in [0.29, 0.717) is 17.1 Å². The molecule has 2 rings (SSSR count). The number of hydrogen-bond acceptors (Lipinski definition) is 3. The largest absolute Gasteiger partial charge is 0.350 e. The highest BCUT2D eigenvalue weighted by atomic mass is 35.5. The van der Waals surface area contributed by atoms with E-state index in [9.17, 15) is 9.59 Å². The second kappa shape index (κ2) is 10.8. The Morgan fingerprint density at radius 3 is 2.25 bits per heavy atom. The smallest absolute Gasteiger partial charge is 0.253 e. The fraction of sp³-hybridized carbons (Fsp3) is 0.364. The zero-order valence-corrected chi connectivity index (χ0v) is 17.4. The molecule has 0 unspecified atom stereocenters. The Morgan fingerprint density at radius 2 is 1.61 bits per heavy atom. The fourth-order valence-corrected chi connectivity index (χ4v) is 3.11. The molecular weight excluding hydrogens is 374 g/mol. The van der Waals surface area contributed by atoms with Crippen molar-refractivity contribution < 1.29 is 9.59 Å². The van der Waals surface area contributed by atoms with Crippen LogP contribution in [0, 0.1) is 0 Å². The van der Waals surface area contributed by atoms with Crippen LogP contribution in [-0.4, -0.2) is 35.8 Å². The first-order chi connectivity index (χ1) is 13.5. The van der Waals surface area contributed by atoms with E-state index in [-0.39, 0.29) is 11.8 Å². The summed E-state index contributed by atoms with van der Waals surface area (Å²) < 4.78 is 0. The highest BCUT2D eigenvalue weighted by Crippen LogP contribution is 2.15. The van der Waals surface area contributed by atoms with Crippen molar-refractivity contribution in [1.29, 1.82) is 0 Å². The minimum atomic E-state index is -0.668. The van der Waals surface area contributed by atoms with Crippen molar-refractivity contribution in [2.45, 2.75) is 39.9 Å². The van der Waals surface area contributed by atoms with Crippen molar-refractivity contribution in [3.05, 3.63) is 70.2 Å². The van der Waals surface area contributed by atoms with Crippen LogP contribution in [0.2, 0.25) is 5.02 Å². The number of halogens is 1.